The Morgan fingerprint density at radius 1 is 0.750 bits per heavy atom. The molecule has 1 heterocycles. The molecule has 0 unspecified atom stereocenters. The highest BCUT2D eigenvalue weighted by molar-refractivity contribution is 7.38. The van der Waals surface area contributed by atoms with Gasteiger partial charge in [-0.05, 0) is 67.5 Å². The van der Waals surface area contributed by atoms with Crippen molar-refractivity contribution in [2.24, 2.45) is 0 Å². The van der Waals surface area contributed by atoms with Crippen LogP contribution in [0.1, 0.15) is 64.0 Å². The Morgan fingerprint density at radius 3 is 1.68 bits per heavy atom. The zero-order valence-corrected chi connectivity index (χ0v) is 18.7. The summed E-state index contributed by atoms with van der Waals surface area (Å²) in [6.07, 6.45) is 8.15. The molecule has 0 saturated heterocycles. The van der Waals surface area contributed by atoms with E-state index in [2.05, 4.69) is 68.9 Å². The van der Waals surface area contributed by atoms with Crippen LogP contribution in [0.15, 0.2) is 44.8 Å². The van der Waals surface area contributed by atoms with E-state index in [0.717, 1.165) is 37.0 Å². The molecule has 0 spiro atoms. The van der Waals surface area contributed by atoms with E-state index in [0.29, 0.717) is 0 Å². The van der Waals surface area contributed by atoms with E-state index in [9.17, 15) is 0 Å². The molecule has 3 aromatic rings. The van der Waals surface area contributed by atoms with Crippen LogP contribution in [0.4, 0.5) is 0 Å². The Hall–Kier alpha value is -1.70. The van der Waals surface area contributed by atoms with Crippen molar-refractivity contribution >= 4 is 30.1 Å². The number of rotatable bonds is 9. The summed E-state index contributed by atoms with van der Waals surface area (Å²) < 4.78 is 15.0. The molecule has 0 radical (unpaired) electrons. The summed E-state index contributed by atoms with van der Waals surface area (Å²) in [6, 6.07) is 13.4. The average Bonchev–Trinajstić information content (AvgIpc) is 2.87. The van der Waals surface area contributed by atoms with E-state index in [1.807, 2.05) is 0 Å². The van der Waals surface area contributed by atoms with Gasteiger partial charge in [0.05, 0.1) is 0 Å². The fourth-order valence-corrected chi connectivity index (χ4v) is 4.87. The van der Waals surface area contributed by atoms with Crippen LogP contribution < -0.4 is 4.67 Å². The van der Waals surface area contributed by atoms with E-state index in [-0.39, 0.29) is 0 Å². The van der Waals surface area contributed by atoms with Crippen molar-refractivity contribution in [1.29, 1.82) is 0 Å². The van der Waals surface area contributed by atoms with Gasteiger partial charge in [-0.25, -0.2) is 4.67 Å². The Morgan fingerprint density at radius 2 is 1.25 bits per heavy atom. The second kappa shape index (κ2) is 10.2. The van der Waals surface area contributed by atoms with Crippen LogP contribution in [0.2, 0.25) is 0 Å². The first-order valence-electron chi connectivity index (χ1n) is 10.8. The number of fused-ring (bicyclic) bond motifs is 3. The molecule has 0 saturated carbocycles. The summed E-state index contributed by atoms with van der Waals surface area (Å²) in [6.45, 7) is 7.63. The second-order valence-corrected chi connectivity index (χ2v) is 9.19. The van der Waals surface area contributed by atoms with Gasteiger partial charge < -0.3 is 8.39 Å². The Balaban J connectivity index is 2.23. The molecule has 3 nitrogen and oxygen atoms in total. The van der Waals surface area contributed by atoms with Crippen LogP contribution in [0.5, 0.6) is 0 Å². The van der Waals surface area contributed by atoms with E-state index in [4.69, 9.17) is 8.39 Å². The van der Waals surface area contributed by atoms with Gasteiger partial charge in [0.2, 0.25) is 0 Å². The minimum absolute atomic E-state index is 0.945. The molecule has 0 amide bonds. The highest BCUT2D eigenvalue weighted by atomic mass is 31.1. The minimum Gasteiger partial charge on any atom is -0.408 e. The van der Waals surface area contributed by atoms with Crippen LogP contribution in [0.25, 0.3) is 21.9 Å². The molecule has 0 aliphatic carbocycles. The summed E-state index contributed by atoms with van der Waals surface area (Å²) in [4.78, 5) is 0. The number of benzene rings is 2. The SMILES string of the molecule is CCCCc1ccc2op(N(C)CCC)oc3ccc(CCCC)cc3c2c1. The fourth-order valence-electron chi connectivity index (χ4n) is 3.54. The number of nitrogens with zero attached hydrogens (tertiary/aromatic N) is 1. The first-order valence-corrected chi connectivity index (χ1v) is 11.9. The molecule has 4 heteroatoms. The van der Waals surface area contributed by atoms with E-state index >= 15 is 0 Å². The van der Waals surface area contributed by atoms with Crippen molar-refractivity contribution in [2.75, 3.05) is 18.3 Å². The third kappa shape index (κ3) is 5.01. The first-order chi connectivity index (χ1) is 13.7. The van der Waals surface area contributed by atoms with Crippen LogP contribution in [-0.2, 0) is 12.8 Å². The molecular weight excluding hydrogens is 365 g/mol. The molecule has 3 rings (SSSR count). The van der Waals surface area contributed by atoms with Crippen LogP contribution in [0, 0.1) is 0 Å². The van der Waals surface area contributed by atoms with E-state index in [1.54, 1.807) is 0 Å². The molecule has 0 aliphatic heterocycles. The molecule has 0 N–H and O–H groups in total. The number of hydrogen-bond donors (Lipinski definition) is 0. The Bertz CT molecular complexity index is 878. The van der Waals surface area contributed by atoms with Gasteiger partial charge in [-0.15, -0.1) is 0 Å². The lowest BCUT2D eigenvalue weighted by Crippen LogP contribution is -2.13. The maximum absolute atomic E-state index is 6.40. The average molecular weight is 400 g/mol. The zero-order chi connectivity index (χ0) is 19.9. The number of unbranched alkanes of at least 4 members (excludes halogenated alkanes) is 2. The van der Waals surface area contributed by atoms with Gasteiger partial charge in [0.1, 0.15) is 11.2 Å². The fraction of sp³-hybridized carbons (Fsp3) is 0.500. The maximum Gasteiger partial charge on any atom is 0.309 e. The quantitative estimate of drug-likeness (QED) is 0.365. The zero-order valence-electron chi connectivity index (χ0n) is 17.8. The van der Waals surface area contributed by atoms with Gasteiger partial charge in [-0.1, -0.05) is 45.7 Å². The smallest absolute Gasteiger partial charge is 0.309 e. The maximum atomic E-state index is 6.40. The molecule has 0 bridgehead atoms. The summed E-state index contributed by atoms with van der Waals surface area (Å²) >= 11 is 0. The second-order valence-electron chi connectivity index (χ2n) is 7.67. The highest BCUT2D eigenvalue weighted by Gasteiger charge is 2.11. The monoisotopic (exact) mass is 399 g/mol. The number of hydrogen-bond acceptors (Lipinski definition) is 3. The standard InChI is InChI=1S/C24H34NO2P/c1-5-8-10-19-12-14-23-21(17-19)22-18-20(11-9-6-2)13-15-24(22)27-28(26-23)25(4)16-7-3/h12-15,17-18H,5-11,16H2,1-4H3. The van der Waals surface area contributed by atoms with Crippen LogP contribution in [-0.4, -0.2) is 13.6 Å². The predicted molar refractivity (Wildman–Crippen MR) is 123 cm³/mol. The molecule has 0 atom stereocenters. The normalized spacial score (nSPS) is 11.6. The largest absolute Gasteiger partial charge is 0.408 e. The lowest BCUT2D eigenvalue weighted by Gasteiger charge is -2.10. The van der Waals surface area contributed by atoms with Crippen molar-refractivity contribution in [1.82, 2.24) is 0 Å². The molecule has 152 valence electrons. The molecular formula is C24H34NO2P. The Kier molecular flexibility index (Phi) is 7.65. The molecule has 1 aromatic heterocycles. The first kappa shape index (κ1) is 21.0. The summed E-state index contributed by atoms with van der Waals surface area (Å²) in [5, 5.41) is 2.36. The van der Waals surface area contributed by atoms with Crippen molar-refractivity contribution < 1.29 is 8.39 Å². The molecule has 2 aromatic carbocycles. The van der Waals surface area contributed by atoms with Crippen molar-refractivity contribution in [2.45, 2.75) is 65.7 Å². The topological polar surface area (TPSA) is 29.5 Å². The highest BCUT2D eigenvalue weighted by Crippen LogP contribution is 2.37. The van der Waals surface area contributed by atoms with Crippen LogP contribution in [0.3, 0.4) is 0 Å². The lowest BCUT2D eigenvalue weighted by atomic mass is 10.0. The third-order valence-corrected chi connectivity index (χ3v) is 6.66. The predicted octanol–water partition coefficient (Wildman–Crippen LogP) is 7.95. The Labute approximate surface area is 170 Å². The summed E-state index contributed by atoms with van der Waals surface area (Å²) in [5.74, 6) is 0. The number of aryl methyl sites for hydroxylation is 2. The van der Waals surface area contributed by atoms with E-state index < -0.39 is 8.16 Å². The van der Waals surface area contributed by atoms with Gasteiger partial charge in [0.25, 0.3) is 0 Å². The van der Waals surface area contributed by atoms with Gasteiger partial charge in [-0.3, -0.25) is 0 Å². The van der Waals surface area contributed by atoms with Crippen molar-refractivity contribution in [3.63, 3.8) is 0 Å². The van der Waals surface area contributed by atoms with Gasteiger partial charge in [0.15, 0.2) is 0 Å². The van der Waals surface area contributed by atoms with Crippen LogP contribution >= 0.6 is 8.16 Å². The van der Waals surface area contributed by atoms with Crippen molar-refractivity contribution in [3.8, 4) is 0 Å². The van der Waals surface area contributed by atoms with Gasteiger partial charge in [-0.2, -0.15) is 0 Å². The van der Waals surface area contributed by atoms with Gasteiger partial charge in [0, 0.05) is 24.4 Å². The molecule has 0 aliphatic rings. The third-order valence-electron chi connectivity index (χ3n) is 5.19. The summed E-state index contributed by atoms with van der Waals surface area (Å²) in [5.41, 5.74) is 4.64. The van der Waals surface area contributed by atoms with Crippen molar-refractivity contribution in [3.05, 3.63) is 47.5 Å². The molecule has 0 fully saturated rings. The minimum atomic E-state index is -1.15. The summed E-state index contributed by atoms with van der Waals surface area (Å²) in [7, 11) is 0.942. The van der Waals surface area contributed by atoms with E-state index in [1.165, 1.54) is 47.6 Å². The van der Waals surface area contributed by atoms with Gasteiger partial charge >= 0.3 is 8.16 Å². The lowest BCUT2D eigenvalue weighted by molar-refractivity contribution is 0.626. The molecule has 28 heavy (non-hydrogen) atoms.